The Morgan fingerprint density at radius 2 is 1.59 bits per heavy atom. The van der Waals surface area contributed by atoms with E-state index in [2.05, 4.69) is 5.32 Å². The predicted molar refractivity (Wildman–Crippen MR) is 128 cm³/mol. The topological polar surface area (TPSA) is 133 Å². The number of aliphatic carboxylic acids is 1. The van der Waals surface area contributed by atoms with Crippen LogP contribution in [0.25, 0.3) is 11.1 Å². The summed E-state index contributed by atoms with van der Waals surface area (Å²) in [6, 6.07) is 11.4. The maximum Gasteiger partial charge on any atom is 0.303 e. The molecule has 184 valence electrons. The third-order valence-electron chi connectivity index (χ3n) is 5.11. The highest BCUT2D eigenvalue weighted by molar-refractivity contribution is 6.35. The minimum Gasteiger partial charge on any atom is -0.481 e. The van der Waals surface area contributed by atoms with Gasteiger partial charge in [0.25, 0.3) is 0 Å². The molecule has 3 atom stereocenters. The lowest BCUT2D eigenvalue weighted by Gasteiger charge is -2.27. The van der Waals surface area contributed by atoms with Crippen LogP contribution in [0.3, 0.4) is 0 Å². The molecule has 4 N–H and O–H groups in total. The molecular weight excluding hydrogens is 485 g/mol. The van der Waals surface area contributed by atoms with Gasteiger partial charge in [-0.15, -0.1) is 0 Å². The molecule has 0 saturated carbocycles. The number of hydrogen-bond donors (Lipinski definition) is 4. The molecule has 0 aromatic heterocycles. The molecule has 0 aliphatic rings. The summed E-state index contributed by atoms with van der Waals surface area (Å²) >= 11 is 12.1. The lowest BCUT2D eigenvalue weighted by molar-refractivity contribution is -0.138. The van der Waals surface area contributed by atoms with Crippen molar-refractivity contribution in [2.24, 2.45) is 0 Å². The van der Waals surface area contributed by atoms with E-state index < -0.39 is 35.9 Å². The number of halogens is 2. The molecule has 0 heterocycles. The van der Waals surface area contributed by atoms with E-state index >= 15 is 0 Å². The van der Waals surface area contributed by atoms with Gasteiger partial charge in [0.15, 0.2) is 5.78 Å². The highest BCUT2D eigenvalue weighted by Crippen LogP contribution is 2.27. The predicted octanol–water partition coefficient (Wildman–Crippen LogP) is 2.88. The number of carbonyl (C=O) groups is 3. The standard InChI is InChI=1S/C24H27Cl2NO7/c1-34-13-21(29)27-19(23(32)24(33)20(28)3-2-4-22(30)31)9-14-5-7-15(8-6-14)16-10-17(25)12-18(26)11-16/h5-8,10-12,19,23-24,32-33H,2-4,9,13H2,1H3,(H,27,29)(H,30,31)/t19-,23?,24?/m0/s1. The second-order valence-electron chi connectivity index (χ2n) is 7.82. The first-order chi connectivity index (χ1) is 16.1. The smallest absolute Gasteiger partial charge is 0.303 e. The van der Waals surface area contributed by atoms with Crippen LogP contribution in [0.4, 0.5) is 0 Å². The number of methoxy groups -OCH3 is 1. The fourth-order valence-corrected chi connectivity index (χ4v) is 3.94. The highest BCUT2D eigenvalue weighted by atomic mass is 35.5. The van der Waals surface area contributed by atoms with Crippen molar-refractivity contribution >= 4 is 40.9 Å². The molecule has 2 unspecified atom stereocenters. The summed E-state index contributed by atoms with van der Waals surface area (Å²) in [5.41, 5.74) is 2.39. The van der Waals surface area contributed by atoms with Crippen molar-refractivity contribution in [2.45, 2.75) is 43.9 Å². The third kappa shape index (κ3) is 8.70. The summed E-state index contributed by atoms with van der Waals surface area (Å²) in [6.07, 6.45) is -3.67. The number of aliphatic hydroxyl groups excluding tert-OH is 2. The van der Waals surface area contributed by atoms with Crippen molar-refractivity contribution in [2.75, 3.05) is 13.7 Å². The van der Waals surface area contributed by atoms with Crippen LogP contribution in [-0.2, 0) is 25.5 Å². The lowest BCUT2D eigenvalue weighted by Crippen LogP contribution is -2.52. The Hall–Kier alpha value is -2.49. The summed E-state index contributed by atoms with van der Waals surface area (Å²) in [7, 11) is 1.34. The van der Waals surface area contributed by atoms with Crippen LogP contribution in [0.5, 0.6) is 0 Å². The SMILES string of the molecule is COCC(=O)N[C@@H](Cc1ccc(-c2cc(Cl)cc(Cl)c2)cc1)C(O)C(O)C(=O)CCCC(=O)O. The first-order valence-electron chi connectivity index (χ1n) is 10.5. The largest absolute Gasteiger partial charge is 0.481 e. The van der Waals surface area contributed by atoms with Crippen LogP contribution >= 0.6 is 23.2 Å². The molecule has 0 saturated heterocycles. The van der Waals surface area contributed by atoms with E-state index in [1.807, 2.05) is 12.1 Å². The number of nitrogens with one attached hydrogen (secondary N) is 1. The highest BCUT2D eigenvalue weighted by Gasteiger charge is 2.32. The molecule has 10 heteroatoms. The van der Waals surface area contributed by atoms with Gasteiger partial charge in [-0.2, -0.15) is 0 Å². The Morgan fingerprint density at radius 3 is 2.15 bits per heavy atom. The number of aliphatic hydroxyl groups is 2. The Bertz CT molecular complexity index is 977. The monoisotopic (exact) mass is 511 g/mol. The van der Waals surface area contributed by atoms with E-state index in [1.54, 1.807) is 30.3 Å². The quantitative estimate of drug-likeness (QED) is 0.324. The summed E-state index contributed by atoms with van der Waals surface area (Å²) < 4.78 is 4.80. The maximum absolute atomic E-state index is 12.2. The number of carboxylic acids is 1. The molecule has 0 bridgehead atoms. The first-order valence-corrected chi connectivity index (χ1v) is 11.3. The fraction of sp³-hybridized carbons (Fsp3) is 0.375. The minimum absolute atomic E-state index is 0.0353. The van der Waals surface area contributed by atoms with Crippen LogP contribution in [-0.4, -0.2) is 64.9 Å². The van der Waals surface area contributed by atoms with E-state index in [4.69, 9.17) is 33.0 Å². The Labute approximate surface area is 207 Å². The molecule has 0 aliphatic heterocycles. The van der Waals surface area contributed by atoms with Gasteiger partial charge in [-0.3, -0.25) is 14.4 Å². The second-order valence-corrected chi connectivity index (χ2v) is 8.69. The second kappa shape index (κ2) is 13.4. The summed E-state index contributed by atoms with van der Waals surface area (Å²) in [6.45, 7) is -0.264. The number of Topliss-reactive ketones (excluding diaryl/α,β-unsaturated/α-hetero) is 1. The van der Waals surface area contributed by atoms with Gasteiger partial charge in [0, 0.05) is 30.0 Å². The van der Waals surface area contributed by atoms with Gasteiger partial charge < -0.3 is 25.4 Å². The van der Waals surface area contributed by atoms with Gasteiger partial charge in [0.1, 0.15) is 18.8 Å². The number of carboxylic acid groups (broad SMARTS) is 1. The normalized spacial score (nSPS) is 13.7. The number of ketones is 1. The Balaban J connectivity index is 2.15. The number of rotatable bonds is 13. The van der Waals surface area contributed by atoms with Crippen LogP contribution < -0.4 is 5.32 Å². The zero-order valence-electron chi connectivity index (χ0n) is 18.5. The molecule has 2 aromatic rings. The van der Waals surface area contributed by atoms with Gasteiger partial charge in [-0.05, 0) is 47.7 Å². The van der Waals surface area contributed by atoms with Crippen molar-refractivity contribution in [3.05, 3.63) is 58.1 Å². The van der Waals surface area contributed by atoms with Crippen LogP contribution in [0.2, 0.25) is 10.0 Å². The van der Waals surface area contributed by atoms with Crippen molar-refractivity contribution in [1.82, 2.24) is 5.32 Å². The maximum atomic E-state index is 12.2. The fourth-order valence-electron chi connectivity index (χ4n) is 3.42. The molecule has 1 amide bonds. The van der Waals surface area contributed by atoms with Crippen molar-refractivity contribution in [3.63, 3.8) is 0 Å². The molecule has 34 heavy (non-hydrogen) atoms. The van der Waals surface area contributed by atoms with Gasteiger partial charge in [-0.1, -0.05) is 47.5 Å². The van der Waals surface area contributed by atoms with E-state index in [-0.39, 0.29) is 32.3 Å². The number of ether oxygens (including phenoxy) is 1. The molecule has 2 aromatic carbocycles. The summed E-state index contributed by atoms with van der Waals surface area (Å²) in [5.74, 6) is -2.29. The van der Waals surface area contributed by atoms with Gasteiger partial charge in [-0.25, -0.2) is 0 Å². The molecule has 0 aliphatic carbocycles. The number of carbonyl (C=O) groups excluding carboxylic acids is 2. The number of benzene rings is 2. The van der Waals surface area contributed by atoms with Crippen LogP contribution in [0, 0.1) is 0 Å². The number of hydrogen-bond acceptors (Lipinski definition) is 6. The average Bonchev–Trinajstić information content (AvgIpc) is 2.77. The van der Waals surface area contributed by atoms with Gasteiger partial charge >= 0.3 is 5.97 Å². The van der Waals surface area contributed by atoms with E-state index in [9.17, 15) is 24.6 Å². The first kappa shape index (κ1) is 27.8. The number of amides is 1. The lowest BCUT2D eigenvalue weighted by atomic mass is 9.93. The van der Waals surface area contributed by atoms with Gasteiger partial charge in [0.2, 0.25) is 5.91 Å². The average molecular weight is 512 g/mol. The van der Waals surface area contributed by atoms with Crippen molar-refractivity contribution < 1.29 is 34.4 Å². The molecule has 0 spiro atoms. The molecule has 0 radical (unpaired) electrons. The third-order valence-corrected chi connectivity index (χ3v) is 5.54. The molecule has 8 nitrogen and oxygen atoms in total. The van der Waals surface area contributed by atoms with Gasteiger partial charge in [0.05, 0.1) is 6.04 Å². The van der Waals surface area contributed by atoms with Crippen LogP contribution in [0.15, 0.2) is 42.5 Å². The van der Waals surface area contributed by atoms with E-state index in [0.29, 0.717) is 10.0 Å². The Kier molecular flexibility index (Phi) is 10.9. The molecular formula is C24H27Cl2NO7. The van der Waals surface area contributed by atoms with Crippen molar-refractivity contribution in [3.8, 4) is 11.1 Å². The molecule has 2 rings (SSSR count). The van der Waals surface area contributed by atoms with Crippen LogP contribution in [0.1, 0.15) is 24.8 Å². The van der Waals surface area contributed by atoms with E-state index in [1.165, 1.54) is 7.11 Å². The zero-order chi connectivity index (χ0) is 25.3. The minimum atomic E-state index is -1.78. The summed E-state index contributed by atoms with van der Waals surface area (Å²) in [5, 5.41) is 33.3. The Morgan fingerprint density at radius 1 is 0.971 bits per heavy atom. The van der Waals surface area contributed by atoms with Crippen molar-refractivity contribution in [1.29, 1.82) is 0 Å². The zero-order valence-corrected chi connectivity index (χ0v) is 20.1. The van der Waals surface area contributed by atoms with E-state index in [0.717, 1.165) is 16.7 Å². The molecule has 0 fully saturated rings. The summed E-state index contributed by atoms with van der Waals surface area (Å²) in [4.78, 5) is 34.9.